The van der Waals surface area contributed by atoms with Crippen molar-refractivity contribution in [2.75, 3.05) is 82.0 Å². The van der Waals surface area contributed by atoms with Crippen LogP contribution in [0.4, 0.5) is 11.5 Å². The lowest BCUT2D eigenvalue weighted by molar-refractivity contribution is 0.0392. The van der Waals surface area contributed by atoms with E-state index in [0.717, 1.165) is 89.3 Å². The minimum absolute atomic E-state index is 0.570. The van der Waals surface area contributed by atoms with Crippen LogP contribution in [0.5, 0.6) is 0 Å². The fourth-order valence-electron chi connectivity index (χ4n) is 4.32. The summed E-state index contributed by atoms with van der Waals surface area (Å²) in [6, 6.07) is 12.8. The molecule has 0 N–H and O–H groups in total. The molecule has 1 aromatic heterocycles. The monoisotopic (exact) mass is 451 g/mol. The Bertz CT molecular complexity index is 907. The van der Waals surface area contributed by atoms with Crippen molar-refractivity contribution in [3.63, 3.8) is 0 Å². The molecule has 4 rings (SSSR count). The van der Waals surface area contributed by atoms with Gasteiger partial charge in [0, 0.05) is 63.8 Å². The van der Waals surface area contributed by atoms with Gasteiger partial charge in [0.1, 0.15) is 5.82 Å². The smallest absolute Gasteiger partial charge is 0.130 e. The number of pyridine rings is 1. The van der Waals surface area contributed by atoms with E-state index >= 15 is 0 Å². The summed E-state index contributed by atoms with van der Waals surface area (Å²) in [6.07, 6.45) is 1.95. The number of hydrogen-bond acceptors (Lipinski definition) is 7. The summed E-state index contributed by atoms with van der Waals surface area (Å²) in [4.78, 5) is 17.0. The SMILES string of the molecule is CCN(CCN1CCOCC1)c1cc(N2CCOCC2)cc(CN=Cc2cccc(C)c2)n1. The van der Waals surface area contributed by atoms with Gasteiger partial charge in [0.25, 0.3) is 0 Å². The molecule has 2 saturated heterocycles. The summed E-state index contributed by atoms with van der Waals surface area (Å²) in [7, 11) is 0. The van der Waals surface area contributed by atoms with E-state index in [0.29, 0.717) is 6.54 Å². The summed E-state index contributed by atoms with van der Waals surface area (Å²) in [5, 5.41) is 0. The molecule has 0 radical (unpaired) electrons. The first-order chi connectivity index (χ1) is 16.2. The lowest BCUT2D eigenvalue weighted by Crippen LogP contribution is -2.41. The minimum atomic E-state index is 0.570. The molecule has 1 aromatic carbocycles. The van der Waals surface area contributed by atoms with Gasteiger partial charge >= 0.3 is 0 Å². The molecular weight excluding hydrogens is 414 g/mol. The third kappa shape index (κ3) is 7.00. The Balaban J connectivity index is 1.51. The summed E-state index contributed by atoms with van der Waals surface area (Å²) in [5.74, 6) is 1.04. The van der Waals surface area contributed by atoms with E-state index in [1.807, 2.05) is 6.21 Å². The standard InChI is InChI=1S/C26H37N5O2/c1-3-30(8-7-29-9-13-32-14-10-29)26-19-25(31-11-15-33-16-12-31)18-24(28-26)21-27-20-23-6-4-5-22(2)17-23/h4-6,17-20H,3,7-16,21H2,1-2H3. The van der Waals surface area contributed by atoms with Gasteiger partial charge in [-0.25, -0.2) is 4.98 Å². The van der Waals surface area contributed by atoms with Crippen LogP contribution in [0.25, 0.3) is 0 Å². The molecule has 33 heavy (non-hydrogen) atoms. The van der Waals surface area contributed by atoms with Gasteiger partial charge in [-0.05, 0) is 25.5 Å². The van der Waals surface area contributed by atoms with Crippen molar-refractivity contribution in [2.24, 2.45) is 4.99 Å². The van der Waals surface area contributed by atoms with E-state index in [1.54, 1.807) is 0 Å². The highest BCUT2D eigenvalue weighted by Crippen LogP contribution is 2.24. The summed E-state index contributed by atoms with van der Waals surface area (Å²) in [6.45, 7) is 14.9. The number of ether oxygens (including phenoxy) is 2. The van der Waals surface area contributed by atoms with Gasteiger partial charge in [0.2, 0.25) is 0 Å². The van der Waals surface area contributed by atoms with Crippen LogP contribution in [-0.4, -0.2) is 88.3 Å². The molecule has 0 saturated carbocycles. The molecule has 7 nitrogen and oxygen atoms in total. The second-order valence-electron chi connectivity index (χ2n) is 8.69. The predicted molar refractivity (Wildman–Crippen MR) is 135 cm³/mol. The van der Waals surface area contributed by atoms with Gasteiger partial charge in [0.15, 0.2) is 0 Å². The first-order valence-corrected chi connectivity index (χ1v) is 12.2. The first-order valence-electron chi connectivity index (χ1n) is 12.2. The molecule has 178 valence electrons. The third-order valence-corrected chi connectivity index (χ3v) is 6.26. The van der Waals surface area contributed by atoms with E-state index in [9.17, 15) is 0 Å². The highest BCUT2D eigenvalue weighted by molar-refractivity contribution is 5.79. The molecular formula is C26H37N5O2. The van der Waals surface area contributed by atoms with Crippen LogP contribution in [-0.2, 0) is 16.0 Å². The molecule has 2 aliphatic rings. The Kier molecular flexibility index (Phi) is 8.69. The van der Waals surface area contributed by atoms with Crippen LogP contribution in [0, 0.1) is 6.92 Å². The molecule has 2 aromatic rings. The number of rotatable bonds is 9. The van der Waals surface area contributed by atoms with E-state index in [4.69, 9.17) is 19.5 Å². The molecule has 7 heteroatoms. The molecule has 0 unspecified atom stereocenters. The maximum absolute atomic E-state index is 5.57. The molecule has 3 heterocycles. The number of morpholine rings is 2. The Hall–Kier alpha value is -2.48. The Labute approximate surface area is 198 Å². The van der Waals surface area contributed by atoms with Gasteiger partial charge in [-0.3, -0.25) is 9.89 Å². The molecule has 0 amide bonds. The maximum Gasteiger partial charge on any atom is 0.130 e. The molecule has 0 bridgehead atoms. The average molecular weight is 452 g/mol. The normalized spacial score (nSPS) is 17.6. The number of aryl methyl sites for hydroxylation is 1. The van der Waals surface area contributed by atoms with Gasteiger partial charge in [-0.2, -0.15) is 0 Å². The topological polar surface area (TPSA) is 53.4 Å². The Morgan fingerprint density at radius 1 is 1.03 bits per heavy atom. The summed E-state index contributed by atoms with van der Waals surface area (Å²) in [5.41, 5.74) is 4.59. The van der Waals surface area contributed by atoms with Gasteiger partial charge in [-0.1, -0.05) is 29.8 Å². The second kappa shape index (κ2) is 12.1. The maximum atomic E-state index is 5.57. The molecule has 0 aliphatic carbocycles. The van der Waals surface area contributed by atoms with E-state index in [2.05, 4.69) is 64.9 Å². The molecule has 2 fully saturated rings. The van der Waals surface area contributed by atoms with Gasteiger partial charge < -0.3 is 19.3 Å². The number of nitrogens with zero attached hydrogens (tertiary/aromatic N) is 5. The zero-order chi connectivity index (χ0) is 22.9. The average Bonchev–Trinajstić information content (AvgIpc) is 2.86. The largest absolute Gasteiger partial charge is 0.379 e. The number of hydrogen-bond donors (Lipinski definition) is 0. The highest BCUT2D eigenvalue weighted by Gasteiger charge is 2.17. The lowest BCUT2D eigenvalue weighted by atomic mass is 10.1. The van der Waals surface area contributed by atoms with Crippen molar-refractivity contribution in [3.05, 3.63) is 53.2 Å². The number of likely N-dealkylation sites (N-methyl/N-ethyl adjacent to an activating group) is 1. The Morgan fingerprint density at radius 2 is 1.79 bits per heavy atom. The summed E-state index contributed by atoms with van der Waals surface area (Å²) >= 11 is 0. The van der Waals surface area contributed by atoms with Crippen molar-refractivity contribution in [1.82, 2.24) is 9.88 Å². The van der Waals surface area contributed by atoms with Crippen molar-refractivity contribution in [3.8, 4) is 0 Å². The lowest BCUT2D eigenvalue weighted by Gasteiger charge is -2.32. The van der Waals surface area contributed by atoms with E-state index in [-0.39, 0.29) is 0 Å². The zero-order valence-corrected chi connectivity index (χ0v) is 20.1. The first kappa shape index (κ1) is 23.7. The number of aliphatic imine (C=N–C) groups is 1. The minimum Gasteiger partial charge on any atom is -0.379 e. The third-order valence-electron chi connectivity index (χ3n) is 6.26. The van der Waals surface area contributed by atoms with Crippen LogP contribution >= 0.6 is 0 Å². The number of benzene rings is 1. The van der Waals surface area contributed by atoms with Crippen molar-refractivity contribution in [1.29, 1.82) is 0 Å². The fourth-order valence-corrected chi connectivity index (χ4v) is 4.32. The molecule has 0 spiro atoms. The van der Waals surface area contributed by atoms with E-state index in [1.165, 1.54) is 11.3 Å². The number of aromatic nitrogens is 1. The van der Waals surface area contributed by atoms with Crippen molar-refractivity contribution < 1.29 is 9.47 Å². The van der Waals surface area contributed by atoms with Crippen LogP contribution < -0.4 is 9.80 Å². The highest BCUT2D eigenvalue weighted by atomic mass is 16.5. The van der Waals surface area contributed by atoms with Crippen LogP contribution in [0.15, 0.2) is 41.4 Å². The van der Waals surface area contributed by atoms with Crippen LogP contribution in [0.1, 0.15) is 23.7 Å². The van der Waals surface area contributed by atoms with E-state index < -0.39 is 0 Å². The Morgan fingerprint density at radius 3 is 2.52 bits per heavy atom. The van der Waals surface area contributed by atoms with Crippen molar-refractivity contribution in [2.45, 2.75) is 20.4 Å². The zero-order valence-electron chi connectivity index (χ0n) is 20.1. The fraction of sp³-hybridized carbons (Fsp3) is 0.538. The van der Waals surface area contributed by atoms with Crippen LogP contribution in [0.2, 0.25) is 0 Å². The van der Waals surface area contributed by atoms with Crippen LogP contribution in [0.3, 0.4) is 0 Å². The number of anilines is 2. The van der Waals surface area contributed by atoms with Gasteiger partial charge in [0.05, 0.1) is 38.7 Å². The second-order valence-corrected chi connectivity index (χ2v) is 8.69. The predicted octanol–water partition coefficient (Wildman–Crippen LogP) is 3.00. The van der Waals surface area contributed by atoms with Crippen molar-refractivity contribution >= 4 is 17.7 Å². The summed E-state index contributed by atoms with van der Waals surface area (Å²) < 4.78 is 11.1. The molecule has 2 aliphatic heterocycles. The van der Waals surface area contributed by atoms with Gasteiger partial charge in [-0.15, -0.1) is 0 Å². The quantitative estimate of drug-likeness (QED) is 0.547. The molecule has 0 atom stereocenters.